The molecule has 3 aromatic carbocycles. The summed E-state index contributed by atoms with van der Waals surface area (Å²) in [5.41, 5.74) is 3.47. The highest BCUT2D eigenvalue weighted by Crippen LogP contribution is 2.26. The van der Waals surface area contributed by atoms with Gasteiger partial charge in [0, 0.05) is 24.0 Å². The summed E-state index contributed by atoms with van der Waals surface area (Å²) in [6, 6.07) is 28.1. The lowest BCUT2D eigenvalue weighted by Gasteiger charge is -2.17. The van der Waals surface area contributed by atoms with E-state index in [2.05, 4.69) is 41.5 Å². The van der Waals surface area contributed by atoms with Gasteiger partial charge in [0.15, 0.2) is 0 Å². The number of nitrogens with zero attached hydrogens (tertiary/aromatic N) is 2. The van der Waals surface area contributed by atoms with E-state index in [1.165, 1.54) is 5.56 Å². The van der Waals surface area contributed by atoms with Crippen molar-refractivity contribution in [2.24, 2.45) is 0 Å². The number of carbonyl (C=O) groups is 1. The van der Waals surface area contributed by atoms with Gasteiger partial charge in [-0.3, -0.25) is 4.79 Å². The van der Waals surface area contributed by atoms with Gasteiger partial charge in [0.25, 0.3) is 5.91 Å². The lowest BCUT2D eigenvalue weighted by molar-refractivity contribution is 0.0949. The Kier molecular flexibility index (Phi) is 7.89. The molecule has 0 spiro atoms. The lowest BCUT2D eigenvalue weighted by atomic mass is 10.0. The van der Waals surface area contributed by atoms with Gasteiger partial charge in [-0.25, -0.2) is 4.98 Å². The number of hydrogen-bond acceptors (Lipinski definition) is 4. The number of rotatable bonds is 10. The maximum absolute atomic E-state index is 13.1. The van der Waals surface area contributed by atoms with Crippen LogP contribution in [-0.4, -0.2) is 42.5 Å². The predicted octanol–water partition coefficient (Wildman–Crippen LogP) is 5.55. The zero-order valence-corrected chi connectivity index (χ0v) is 19.8. The Labute approximate surface area is 201 Å². The van der Waals surface area contributed by atoms with Crippen LogP contribution in [0.5, 0.6) is 5.75 Å². The molecule has 34 heavy (non-hydrogen) atoms. The summed E-state index contributed by atoms with van der Waals surface area (Å²) in [6.07, 6.45) is 0.867. The van der Waals surface area contributed by atoms with E-state index in [9.17, 15) is 4.79 Å². The van der Waals surface area contributed by atoms with Crippen molar-refractivity contribution in [1.29, 1.82) is 0 Å². The normalized spacial score (nSPS) is 11.0. The monoisotopic (exact) mass is 453 g/mol. The Morgan fingerprint density at radius 1 is 0.971 bits per heavy atom. The summed E-state index contributed by atoms with van der Waals surface area (Å²) in [7, 11) is 2.10. The van der Waals surface area contributed by atoms with Gasteiger partial charge in [0.1, 0.15) is 11.4 Å². The number of hydrogen-bond donors (Lipinski definition) is 1. The minimum Gasteiger partial charge on any atom is -0.494 e. The van der Waals surface area contributed by atoms with Crippen molar-refractivity contribution in [1.82, 2.24) is 15.2 Å². The molecule has 0 aliphatic rings. The van der Waals surface area contributed by atoms with E-state index in [0.29, 0.717) is 18.8 Å². The smallest absolute Gasteiger partial charge is 0.270 e. The van der Waals surface area contributed by atoms with Crippen molar-refractivity contribution in [3.63, 3.8) is 0 Å². The zero-order chi connectivity index (χ0) is 23.8. The van der Waals surface area contributed by atoms with Gasteiger partial charge in [-0.1, -0.05) is 54.6 Å². The van der Waals surface area contributed by atoms with Crippen LogP contribution in [0.3, 0.4) is 0 Å². The van der Waals surface area contributed by atoms with Crippen LogP contribution in [0.15, 0.2) is 84.9 Å². The summed E-state index contributed by atoms with van der Waals surface area (Å²) in [6.45, 7) is 4.98. The Morgan fingerprint density at radius 2 is 1.71 bits per heavy atom. The highest BCUT2D eigenvalue weighted by molar-refractivity contribution is 6.06. The molecule has 174 valence electrons. The summed E-state index contributed by atoms with van der Waals surface area (Å²) >= 11 is 0. The van der Waals surface area contributed by atoms with E-state index >= 15 is 0 Å². The van der Waals surface area contributed by atoms with Crippen LogP contribution in [0.4, 0.5) is 0 Å². The second-order valence-corrected chi connectivity index (χ2v) is 8.37. The summed E-state index contributed by atoms with van der Waals surface area (Å²) < 4.78 is 5.55. The molecule has 0 fully saturated rings. The minimum atomic E-state index is -0.144. The van der Waals surface area contributed by atoms with Crippen LogP contribution < -0.4 is 10.1 Å². The maximum atomic E-state index is 13.1. The number of pyridine rings is 1. The Bertz CT molecular complexity index is 1220. The largest absolute Gasteiger partial charge is 0.494 e. The topological polar surface area (TPSA) is 54.5 Å². The zero-order valence-electron chi connectivity index (χ0n) is 19.8. The van der Waals surface area contributed by atoms with E-state index in [4.69, 9.17) is 9.72 Å². The predicted molar refractivity (Wildman–Crippen MR) is 138 cm³/mol. The van der Waals surface area contributed by atoms with Gasteiger partial charge in [0.05, 0.1) is 12.3 Å². The van der Waals surface area contributed by atoms with Gasteiger partial charge in [-0.2, -0.15) is 0 Å². The third-order valence-electron chi connectivity index (χ3n) is 5.71. The highest BCUT2D eigenvalue weighted by Gasteiger charge is 2.14. The number of fused-ring (bicyclic) bond motifs is 1. The number of carbonyl (C=O) groups excluding carboxylic acids is 1. The summed E-state index contributed by atoms with van der Waals surface area (Å²) in [5, 5.41) is 4.92. The first kappa shape index (κ1) is 23.5. The fraction of sp³-hybridized carbons (Fsp3) is 0.241. The van der Waals surface area contributed by atoms with Crippen molar-refractivity contribution < 1.29 is 9.53 Å². The highest BCUT2D eigenvalue weighted by atomic mass is 16.5. The molecule has 0 atom stereocenters. The second kappa shape index (κ2) is 11.4. The molecule has 5 heteroatoms. The first-order valence-corrected chi connectivity index (χ1v) is 11.8. The Hall–Kier alpha value is -3.70. The van der Waals surface area contributed by atoms with Crippen molar-refractivity contribution >= 4 is 16.7 Å². The van der Waals surface area contributed by atoms with Gasteiger partial charge < -0.3 is 15.0 Å². The molecule has 0 unspecified atom stereocenters. The molecule has 0 saturated heterocycles. The molecule has 1 heterocycles. The van der Waals surface area contributed by atoms with E-state index in [-0.39, 0.29) is 5.91 Å². The number of benzene rings is 3. The molecule has 0 saturated carbocycles. The van der Waals surface area contributed by atoms with Crippen LogP contribution >= 0.6 is 0 Å². The third kappa shape index (κ3) is 6.00. The molecule has 0 radical (unpaired) electrons. The molecule has 4 rings (SSSR count). The molecule has 0 aliphatic heterocycles. The first-order chi connectivity index (χ1) is 16.6. The van der Waals surface area contributed by atoms with E-state index < -0.39 is 0 Å². The number of ether oxygens (including phenoxy) is 1. The molecule has 1 amide bonds. The van der Waals surface area contributed by atoms with Crippen molar-refractivity contribution in [3.05, 3.63) is 96.2 Å². The van der Waals surface area contributed by atoms with Gasteiger partial charge in [-0.05, 0) is 68.2 Å². The average molecular weight is 454 g/mol. The number of aromatic nitrogens is 1. The molecule has 0 aliphatic carbocycles. The molecule has 5 nitrogen and oxygen atoms in total. The molecular weight excluding hydrogens is 422 g/mol. The molecule has 4 aromatic rings. The molecular formula is C29H31N3O2. The lowest BCUT2D eigenvalue weighted by Crippen LogP contribution is -2.29. The Morgan fingerprint density at radius 3 is 2.47 bits per heavy atom. The van der Waals surface area contributed by atoms with Gasteiger partial charge >= 0.3 is 0 Å². The molecule has 1 N–H and O–H groups in total. The fourth-order valence-corrected chi connectivity index (χ4v) is 4.02. The second-order valence-electron chi connectivity index (χ2n) is 8.37. The maximum Gasteiger partial charge on any atom is 0.270 e. The van der Waals surface area contributed by atoms with Crippen LogP contribution in [0.2, 0.25) is 0 Å². The van der Waals surface area contributed by atoms with Crippen LogP contribution in [0, 0.1) is 0 Å². The van der Waals surface area contributed by atoms with Crippen molar-refractivity contribution in [2.45, 2.75) is 19.9 Å². The van der Waals surface area contributed by atoms with Crippen LogP contribution in [-0.2, 0) is 6.54 Å². The molecule has 0 bridgehead atoms. The van der Waals surface area contributed by atoms with Crippen molar-refractivity contribution in [2.75, 3.05) is 26.7 Å². The summed E-state index contributed by atoms with van der Waals surface area (Å²) in [5.74, 6) is 0.678. The van der Waals surface area contributed by atoms with E-state index in [0.717, 1.165) is 47.3 Å². The third-order valence-corrected chi connectivity index (χ3v) is 5.71. The van der Waals surface area contributed by atoms with E-state index in [1.807, 2.05) is 67.6 Å². The van der Waals surface area contributed by atoms with Crippen LogP contribution in [0.1, 0.15) is 29.4 Å². The van der Waals surface area contributed by atoms with E-state index in [1.54, 1.807) is 0 Å². The Balaban J connectivity index is 1.43. The minimum absolute atomic E-state index is 0.144. The first-order valence-electron chi connectivity index (χ1n) is 11.8. The summed E-state index contributed by atoms with van der Waals surface area (Å²) in [4.78, 5) is 20.1. The van der Waals surface area contributed by atoms with Gasteiger partial charge in [-0.15, -0.1) is 0 Å². The van der Waals surface area contributed by atoms with Crippen LogP contribution in [0.25, 0.3) is 22.0 Å². The average Bonchev–Trinajstić information content (AvgIpc) is 2.87. The van der Waals surface area contributed by atoms with Gasteiger partial charge in [0.2, 0.25) is 0 Å². The number of nitrogens with one attached hydrogen (secondary N) is 1. The number of amides is 1. The fourth-order valence-electron chi connectivity index (χ4n) is 4.02. The van der Waals surface area contributed by atoms with Crippen molar-refractivity contribution in [3.8, 4) is 17.0 Å². The molecule has 1 aromatic heterocycles. The standard InChI is InChI=1S/C29H31N3O2/c1-3-34-25-16-14-23(15-17-25)27-20-24-12-7-8-13-26(24)28(31-27)29(33)30-18-9-19-32(2)21-22-10-5-4-6-11-22/h4-8,10-17,20H,3,9,18-19,21H2,1-2H3,(H,30,33). The SMILES string of the molecule is CCOc1ccc(-c2cc3ccccc3c(C(=O)NCCCN(C)Cc3ccccc3)n2)cc1. The quantitative estimate of drug-likeness (QED) is 0.320.